The second-order valence-corrected chi connectivity index (χ2v) is 4.17. The minimum atomic E-state index is -1.14. The van der Waals surface area contributed by atoms with Crippen LogP contribution in [-0.4, -0.2) is 28.5 Å². The number of hydrogen-bond acceptors (Lipinski definition) is 3. The molecule has 0 aliphatic carbocycles. The first-order valence-electron chi connectivity index (χ1n) is 5.48. The quantitative estimate of drug-likeness (QED) is 0.813. The number of carboxylic acids is 1. The molecule has 1 rings (SSSR count). The summed E-state index contributed by atoms with van der Waals surface area (Å²) in [6, 6.07) is 2.77. The van der Waals surface area contributed by atoms with Crippen LogP contribution in [0.4, 0.5) is 0 Å². The molecular weight excluding hydrogens is 220 g/mol. The van der Waals surface area contributed by atoms with Crippen molar-refractivity contribution in [1.29, 1.82) is 0 Å². The lowest BCUT2D eigenvalue weighted by Crippen LogP contribution is -2.25. The molecule has 1 aromatic rings. The Morgan fingerprint density at radius 1 is 1.47 bits per heavy atom. The highest BCUT2D eigenvalue weighted by Gasteiger charge is 2.10. The highest BCUT2D eigenvalue weighted by Crippen LogP contribution is 2.03. The molecule has 1 amide bonds. The van der Waals surface area contributed by atoms with Gasteiger partial charge in [-0.1, -0.05) is 13.8 Å². The van der Waals surface area contributed by atoms with Crippen LogP contribution in [0.5, 0.6) is 0 Å². The Bertz CT molecular complexity index is 416. The van der Waals surface area contributed by atoms with Gasteiger partial charge in [0.2, 0.25) is 0 Å². The minimum absolute atomic E-state index is 0.124. The van der Waals surface area contributed by atoms with Gasteiger partial charge in [0.15, 0.2) is 0 Å². The first kappa shape index (κ1) is 13.2. The molecule has 0 saturated heterocycles. The number of hydrogen-bond donors (Lipinski definition) is 2. The van der Waals surface area contributed by atoms with Crippen LogP contribution in [0.3, 0.4) is 0 Å². The second-order valence-electron chi connectivity index (χ2n) is 4.17. The van der Waals surface area contributed by atoms with Crippen molar-refractivity contribution < 1.29 is 14.7 Å². The summed E-state index contributed by atoms with van der Waals surface area (Å²) in [5.41, 5.74) is 0.197. The van der Waals surface area contributed by atoms with Crippen LogP contribution in [0.2, 0.25) is 0 Å². The van der Waals surface area contributed by atoms with E-state index in [9.17, 15) is 9.59 Å². The third-order valence-corrected chi connectivity index (χ3v) is 2.25. The largest absolute Gasteiger partial charge is 0.477 e. The topological polar surface area (TPSA) is 79.3 Å². The normalized spacial score (nSPS) is 10.3. The van der Waals surface area contributed by atoms with E-state index in [2.05, 4.69) is 24.1 Å². The van der Waals surface area contributed by atoms with Crippen molar-refractivity contribution in [3.8, 4) is 0 Å². The highest BCUT2D eigenvalue weighted by molar-refractivity contribution is 5.96. The second kappa shape index (κ2) is 5.98. The monoisotopic (exact) mass is 236 g/mol. The summed E-state index contributed by atoms with van der Waals surface area (Å²) < 4.78 is 0. The number of nitrogens with one attached hydrogen (secondary N) is 1. The van der Waals surface area contributed by atoms with Crippen molar-refractivity contribution >= 4 is 11.9 Å². The Balaban J connectivity index is 2.63. The number of carbonyl (C=O) groups excluding carboxylic acids is 1. The molecule has 0 atom stereocenters. The lowest BCUT2D eigenvalue weighted by molar-refractivity contribution is 0.0690. The molecule has 92 valence electrons. The lowest BCUT2D eigenvalue weighted by atomic mass is 10.1. The molecule has 17 heavy (non-hydrogen) atoms. The molecule has 0 unspecified atom stereocenters. The van der Waals surface area contributed by atoms with Gasteiger partial charge in [-0.3, -0.25) is 4.79 Å². The number of pyridine rings is 1. The van der Waals surface area contributed by atoms with E-state index in [0.29, 0.717) is 18.0 Å². The van der Waals surface area contributed by atoms with Gasteiger partial charge in [0.05, 0.1) is 0 Å². The van der Waals surface area contributed by atoms with Crippen molar-refractivity contribution in [2.24, 2.45) is 5.92 Å². The van der Waals surface area contributed by atoms with Gasteiger partial charge in [0, 0.05) is 18.3 Å². The summed E-state index contributed by atoms with van der Waals surface area (Å²) in [4.78, 5) is 26.0. The molecule has 0 saturated carbocycles. The van der Waals surface area contributed by atoms with E-state index in [1.54, 1.807) is 0 Å². The van der Waals surface area contributed by atoms with Gasteiger partial charge in [-0.2, -0.15) is 0 Å². The van der Waals surface area contributed by atoms with E-state index in [4.69, 9.17) is 5.11 Å². The number of carboxylic acid groups (broad SMARTS) is 1. The molecule has 0 radical (unpaired) electrons. The Kier molecular flexibility index (Phi) is 4.63. The number of nitrogens with zero attached hydrogens (tertiary/aromatic N) is 1. The van der Waals surface area contributed by atoms with Crippen LogP contribution >= 0.6 is 0 Å². The molecule has 0 spiro atoms. The van der Waals surface area contributed by atoms with Crippen molar-refractivity contribution in [2.45, 2.75) is 20.3 Å². The van der Waals surface area contributed by atoms with Crippen molar-refractivity contribution in [3.05, 3.63) is 29.6 Å². The molecule has 5 nitrogen and oxygen atoms in total. The number of carbonyl (C=O) groups is 2. The van der Waals surface area contributed by atoms with Gasteiger partial charge in [-0.25, -0.2) is 9.78 Å². The molecule has 2 N–H and O–H groups in total. The van der Waals surface area contributed by atoms with Crippen LogP contribution in [-0.2, 0) is 0 Å². The third kappa shape index (κ3) is 4.22. The molecule has 0 aliphatic rings. The highest BCUT2D eigenvalue weighted by atomic mass is 16.4. The SMILES string of the molecule is CC(C)CCNC(=O)c1ccnc(C(=O)O)c1. The third-order valence-electron chi connectivity index (χ3n) is 2.25. The molecule has 1 aromatic heterocycles. The van der Waals surface area contributed by atoms with E-state index in [-0.39, 0.29) is 11.6 Å². The average Bonchev–Trinajstić information content (AvgIpc) is 2.28. The van der Waals surface area contributed by atoms with Gasteiger partial charge in [-0.15, -0.1) is 0 Å². The Hall–Kier alpha value is -1.91. The smallest absolute Gasteiger partial charge is 0.354 e. The maximum atomic E-state index is 11.7. The molecule has 5 heteroatoms. The molecule has 0 aromatic carbocycles. The van der Waals surface area contributed by atoms with E-state index in [0.717, 1.165) is 6.42 Å². The van der Waals surface area contributed by atoms with E-state index in [1.807, 2.05) is 0 Å². The summed E-state index contributed by atoms with van der Waals surface area (Å²) in [5, 5.41) is 11.5. The minimum Gasteiger partial charge on any atom is -0.477 e. The Labute approximate surface area is 99.9 Å². The molecule has 0 aliphatic heterocycles. The van der Waals surface area contributed by atoms with Crippen molar-refractivity contribution in [2.75, 3.05) is 6.54 Å². The zero-order chi connectivity index (χ0) is 12.8. The predicted molar refractivity (Wildman–Crippen MR) is 63.0 cm³/mol. The fourth-order valence-corrected chi connectivity index (χ4v) is 1.27. The summed E-state index contributed by atoms with van der Waals surface area (Å²) in [6.07, 6.45) is 2.21. The standard InChI is InChI=1S/C12H16N2O3/c1-8(2)3-5-14-11(15)9-4-6-13-10(7-9)12(16)17/h4,6-8H,3,5H2,1-2H3,(H,14,15)(H,16,17). The fraction of sp³-hybridized carbons (Fsp3) is 0.417. The van der Waals surface area contributed by atoms with Crippen LogP contribution in [0.25, 0.3) is 0 Å². The molecule has 0 bridgehead atoms. The van der Waals surface area contributed by atoms with E-state index >= 15 is 0 Å². The first-order valence-corrected chi connectivity index (χ1v) is 5.48. The predicted octanol–water partition coefficient (Wildman–Crippen LogP) is 1.56. The maximum Gasteiger partial charge on any atom is 0.354 e. The van der Waals surface area contributed by atoms with E-state index < -0.39 is 5.97 Å². The lowest BCUT2D eigenvalue weighted by Gasteiger charge is -2.07. The van der Waals surface area contributed by atoms with Crippen LogP contribution in [0, 0.1) is 5.92 Å². The molecule has 1 heterocycles. The van der Waals surface area contributed by atoms with Crippen molar-refractivity contribution in [3.63, 3.8) is 0 Å². The fourth-order valence-electron chi connectivity index (χ4n) is 1.27. The summed E-state index contributed by atoms with van der Waals surface area (Å²) in [6.45, 7) is 4.73. The van der Waals surface area contributed by atoms with Crippen molar-refractivity contribution in [1.82, 2.24) is 10.3 Å². The number of amides is 1. The van der Waals surface area contributed by atoms with Gasteiger partial charge in [0.25, 0.3) is 5.91 Å². The van der Waals surface area contributed by atoms with Gasteiger partial charge in [-0.05, 0) is 24.5 Å². The Morgan fingerprint density at radius 2 is 2.18 bits per heavy atom. The van der Waals surface area contributed by atoms with Gasteiger partial charge < -0.3 is 10.4 Å². The zero-order valence-electron chi connectivity index (χ0n) is 9.93. The van der Waals surface area contributed by atoms with Crippen LogP contribution in [0.15, 0.2) is 18.3 Å². The summed E-state index contributed by atoms with van der Waals surface area (Å²) in [7, 11) is 0. The summed E-state index contributed by atoms with van der Waals surface area (Å²) >= 11 is 0. The van der Waals surface area contributed by atoms with Crippen LogP contribution < -0.4 is 5.32 Å². The molecule has 0 fully saturated rings. The Morgan fingerprint density at radius 3 is 2.76 bits per heavy atom. The number of rotatable bonds is 5. The van der Waals surface area contributed by atoms with Crippen LogP contribution in [0.1, 0.15) is 41.1 Å². The number of aromatic nitrogens is 1. The van der Waals surface area contributed by atoms with E-state index in [1.165, 1.54) is 18.3 Å². The van der Waals surface area contributed by atoms with Gasteiger partial charge >= 0.3 is 5.97 Å². The first-order chi connectivity index (χ1) is 8.00. The average molecular weight is 236 g/mol. The molecular formula is C12H16N2O3. The maximum absolute atomic E-state index is 11.7. The van der Waals surface area contributed by atoms with Gasteiger partial charge in [0.1, 0.15) is 5.69 Å². The summed E-state index contributed by atoms with van der Waals surface area (Å²) in [5.74, 6) is -0.889. The number of aromatic carboxylic acids is 1. The zero-order valence-corrected chi connectivity index (χ0v) is 9.93.